The Morgan fingerprint density at radius 3 is 2.57 bits per heavy atom. The van der Waals surface area contributed by atoms with Crippen molar-refractivity contribution in [2.45, 2.75) is 51.9 Å². The monoisotopic (exact) mass is 303 g/mol. The van der Waals surface area contributed by atoms with Gasteiger partial charge in [-0.05, 0) is 25.3 Å². The lowest BCUT2D eigenvalue weighted by Gasteiger charge is -2.22. The van der Waals surface area contributed by atoms with Crippen LogP contribution in [0.25, 0.3) is 0 Å². The van der Waals surface area contributed by atoms with Crippen LogP contribution in [0.5, 0.6) is 0 Å². The zero-order chi connectivity index (χ0) is 15.3. The van der Waals surface area contributed by atoms with Crippen molar-refractivity contribution < 1.29 is 0 Å². The second kappa shape index (κ2) is 7.12. The van der Waals surface area contributed by atoms with Crippen LogP contribution in [0, 0.1) is 0 Å². The summed E-state index contributed by atoms with van der Waals surface area (Å²) in [6.07, 6.45) is 2.17. The number of nitrogens with zero attached hydrogens (tertiary/aromatic N) is 1. The molecule has 21 heavy (non-hydrogen) atoms. The molecule has 0 spiro atoms. The summed E-state index contributed by atoms with van der Waals surface area (Å²) in [6, 6.07) is 11.0. The van der Waals surface area contributed by atoms with E-state index in [4.69, 9.17) is 0 Å². The van der Waals surface area contributed by atoms with Gasteiger partial charge in [0, 0.05) is 19.1 Å². The molecule has 116 valence electrons. The van der Waals surface area contributed by atoms with Gasteiger partial charge in [-0.1, -0.05) is 55.5 Å². The molecule has 0 radical (unpaired) electrons. The van der Waals surface area contributed by atoms with Gasteiger partial charge in [0.05, 0.1) is 8.07 Å². The Hall–Kier alpha value is -1.29. The highest BCUT2D eigenvalue weighted by Gasteiger charge is 2.20. The summed E-state index contributed by atoms with van der Waals surface area (Å²) >= 11 is 0. The van der Waals surface area contributed by atoms with Gasteiger partial charge in [0.2, 0.25) is 0 Å². The van der Waals surface area contributed by atoms with Crippen LogP contribution in [0.4, 0.5) is 0 Å². The molecule has 0 aromatic heterocycles. The first-order valence-electron chi connectivity index (χ1n) is 8.15. The SMILES string of the molecule is CC[Si](C)(C)c1ccc(CC(C)NC2=NCCCN2)cc1. The summed E-state index contributed by atoms with van der Waals surface area (Å²) in [6.45, 7) is 11.4. The maximum atomic E-state index is 4.47. The number of aliphatic imine (C=N–C) groups is 1. The smallest absolute Gasteiger partial charge is 0.191 e. The predicted octanol–water partition coefficient (Wildman–Crippen LogP) is 2.49. The zero-order valence-electron chi connectivity index (χ0n) is 13.9. The molecule has 1 unspecified atom stereocenters. The number of hydrogen-bond acceptors (Lipinski definition) is 3. The Morgan fingerprint density at radius 2 is 2.00 bits per heavy atom. The van der Waals surface area contributed by atoms with E-state index in [0.29, 0.717) is 6.04 Å². The van der Waals surface area contributed by atoms with E-state index in [0.717, 1.165) is 31.9 Å². The van der Waals surface area contributed by atoms with E-state index in [2.05, 4.69) is 66.8 Å². The molecule has 2 rings (SSSR count). The highest BCUT2D eigenvalue weighted by atomic mass is 28.3. The van der Waals surface area contributed by atoms with E-state index < -0.39 is 8.07 Å². The van der Waals surface area contributed by atoms with Crippen molar-refractivity contribution in [3.05, 3.63) is 29.8 Å². The second-order valence-corrected chi connectivity index (χ2v) is 11.7. The molecule has 0 aliphatic carbocycles. The lowest BCUT2D eigenvalue weighted by molar-refractivity contribution is 0.619. The first-order chi connectivity index (χ1) is 10.0. The maximum Gasteiger partial charge on any atom is 0.191 e. The molecule has 4 heteroatoms. The van der Waals surface area contributed by atoms with Crippen molar-refractivity contribution in [3.8, 4) is 0 Å². The van der Waals surface area contributed by atoms with E-state index in [1.165, 1.54) is 11.6 Å². The minimum absolute atomic E-state index is 0.400. The van der Waals surface area contributed by atoms with Gasteiger partial charge in [-0.3, -0.25) is 4.99 Å². The molecule has 0 fully saturated rings. The van der Waals surface area contributed by atoms with Crippen molar-refractivity contribution in [1.82, 2.24) is 10.6 Å². The van der Waals surface area contributed by atoms with Crippen molar-refractivity contribution in [1.29, 1.82) is 0 Å². The van der Waals surface area contributed by atoms with Crippen LogP contribution in [0.15, 0.2) is 29.3 Å². The summed E-state index contributed by atoms with van der Waals surface area (Å²) in [5.41, 5.74) is 1.40. The van der Waals surface area contributed by atoms with Crippen molar-refractivity contribution >= 4 is 19.2 Å². The van der Waals surface area contributed by atoms with E-state index in [-0.39, 0.29) is 0 Å². The van der Waals surface area contributed by atoms with Crippen LogP contribution in [0.1, 0.15) is 25.8 Å². The van der Waals surface area contributed by atoms with Crippen LogP contribution >= 0.6 is 0 Å². The number of nitrogens with one attached hydrogen (secondary N) is 2. The molecule has 1 atom stereocenters. The van der Waals surface area contributed by atoms with E-state index in [9.17, 15) is 0 Å². The molecule has 1 aromatic carbocycles. The number of guanidine groups is 1. The Labute approximate surface area is 130 Å². The largest absolute Gasteiger partial charge is 0.356 e. The summed E-state index contributed by atoms with van der Waals surface area (Å²) in [5.74, 6) is 0.963. The fourth-order valence-electron chi connectivity index (χ4n) is 2.56. The first-order valence-corrected chi connectivity index (χ1v) is 11.4. The Balaban J connectivity index is 1.92. The maximum absolute atomic E-state index is 4.47. The summed E-state index contributed by atoms with van der Waals surface area (Å²) in [4.78, 5) is 4.47. The second-order valence-electron chi connectivity index (χ2n) is 6.69. The molecule has 0 bridgehead atoms. The zero-order valence-corrected chi connectivity index (χ0v) is 14.9. The normalized spacial score (nSPS) is 16.9. The molecule has 1 aliphatic rings. The van der Waals surface area contributed by atoms with Gasteiger partial charge in [-0.25, -0.2) is 0 Å². The van der Waals surface area contributed by atoms with Crippen LogP contribution in [0.2, 0.25) is 19.1 Å². The number of hydrogen-bond donors (Lipinski definition) is 2. The lowest BCUT2D eigenvalue weighted by Crippen LogP contribution is -2.45. The molecule has 0 saturated carbocycles. The van der Waals surface area contributed by atoms with Gasteiger partial charge in [0.15, 0.2) is 5.96 Å². The standard InChI is InChI=1S/C17H29N3Si/c1-5-21(3,4)16-9-7-15(8-10-16)13-14(2)20-17-18-11-6-12-19-17/h7-10,14H,5-6,11-13H2,1-4H3,(H2,18,19,20). The highest BCUT2D eigenvalue weighted by Crippen LogP contribution is 2.10. The number of rotatable bonds is 5. The Morgan fingerprint density at radius 1 is 1.29 bits per heavy atom. The van der Waals surface area contributed by atoms with Crippen molar-refractivity contribution in [3.63, 3.8) is 0 Å². The minimum Gasteiger partial charge on any atom is -0.356 e. The quantitative estimate of drug-likeness (QED) is 0.820. The molecule has 0 saturated heterocycles. The Bertz CT molecular complexity index is 479. The molecule has 1 aromatic rings. The van der Waals surface area contributed by atoms with Crippen LogP contribution in [0.3, 0.4) is 0 Å². The van der Waals surface area contributed by atoms with E-state index in [1.807, 2.05) is 0 Å². The molecular formula is C17H29N3Si. The average Bonchev–Trinajstić information content (AvgIpc) is 2.48. The van der Waals surface area contributed by atoms with Crippen LogP contribution < -0.4 is 15.8 Å². The predicted molar refractivity (Wildman–Crippen MR) is 95.3 cm³/mol. The first kappa shape index (κ1) is 16.1. The fraction of sp³-hybridized carbons (Fsp3) is 0.588. The van der Waals surface area contributed by atoms with Crippen molar-refractivity contribution in [2.75, 3.05) is 13.1 Å². The minimum atomic E-state index is -1.20. The van der Waals surface area contributed by atoms with Gasteiger partial charge in [-0.15, -0.1) is 0 Å². The van der Waals surface area contributed by atoms with E-state index >= 15 is 0 Å². The third-order valence-electron chi connectivity index (χ3n) is 4.44. The third kappa shape index (κ3) is 4.60. The van der Waals surface area contributed by atoms with Crippen LogP contribution in [-0.4, -0.2) is 33.2 Å². The molecular weight excluding hydrogens is 274 g/mol. The molecule has 0 amide bonds. The summed E-state index contributed by atoms with van der Waals surface area (Å²) in [5, 5.41) is 8.35. The summed E-state index contributed by atoms with van der Waals surface area (Å²) < 4.78 is 0. The van der Waals surface area contributed by atoms with Gasteiger partial charge in [0.1, 0.15) is 0 Å². The van der Waals surface area contributed by atoms with Crippen molar-refractivity contribution in [2.24, 2.45) is 4.99 Å². The Kier molecular flexibility index (Phi) is 5.45. The van der Waals surface area contributed by atoms with Gasteiger partial charge < -0.3 is 10.6 Å². The van der Waals surface area contributed by atoms with Gasteiger partial charge in [0.25, 0.3) is 0 Å². The summed E-state index contributed by atoms with van der Waals surface area (Å²) in [7, 11) is -1.20. The number of benzene rings is 1. The molecule has 2 N–H and O–H groups in total. The third-order valence-corrected chi connectivity index (χ3v) is 8.11. The molecule has 1 aliphatic heterocycles. The van der Waals surface area contributed by atoms with Gasteiger partial charge in [-0.2, -0.15) is 0 Å². The molecule has 1 heterocycles. The highest BCUT2D eigenvalue weighted by molar-refractivity contribution is 6.89. The van der Waals surface area contributed by atoms with Crippen LogP contribution in [-0.2, 0) is 6.42 Å². The van der Waals surface area contributed by atoms with Gasteiger partial charge >= 0.3 is 0 Å². The fourth-order valence-corrected chi connectivity index (χ4v) is 4.04. The van der Waals surface area contributed by atoms with E-state index in [1.54, 1.807) is 5.19 Å². The topological polar surface area (TPSA) is 36.4 Å². The molecule has 3 nitrogen and oxygen atoms in total. The lowest BCUT2D eigenvalue weighted by atomic mass is 10.1. The average molecular weight is 304 g/mol.